The number of hydrogen-bond donors (Lipinski definition) is 2. The molecule has 6 rings (SSSR count). The van der Waals surface area contributed by atoms with Gasteiger partial charge in [0.15, 0.2) is 0 Å². The van der Waals surface area contributed by atoms with E-state index in [0.717, 1.165) is 63.9 Å². The Balaban J connectivity index is 1.26. The van der Waals surface area contributed by atoms with Crippen LogP contribution in [0, 0.1) is 30.1 Å². The van der Waals surface area contributed by atoms with Gasteiger partial charge in [-0.1, -0.05) is 6.07 Å². The van der Waals surface area contributed by atoms with Crippen LogP contribution >= 0.6 is 0 Å². The summed E-state index contributed by atoms with van der Waals surface area (Å²) in [5, 5.41) is 13.9. The Morgan fingerprint density at radius 3 is 2.74 bits per heavy atom. The van der Waals surface area contributed by atoms with Crippen LogP contribution in [0.25, 0.3) is 0 Å². The quantitative estimate of drug-likeness (QED) is 0.860. The number of carbonyl (C=O) groups is 1. The third-order valence-electron chi connectivity index (χ3n) is 7.68. The highest BCUT2D eigenvalue weighted by molar-refractivity contribution is 5.83. The first kappa shape index (κ1) is 17.5. The van der Waals surface area contributed by atoms with E-state index < -0.39 is 0 Å². The van der Waals surface area contributed by atoms with Crippen LogP contribution in [-0.2, 0) is 4.79 Å². The molecule has 0 radical (unpaired) electrons. The number of hydrogen-bond acceptors (Lipinski definition) is 4. The standard InChI is InChI=1S/C22H31N3O2/c1-14-4-5-19(23-12-14)25-6-2-3-18(13-25)24-21(27)22-9-15-7-16(10-22)20(26)17(8-15)11-22/h4-5,12,15-18,20,26H,2-3,6-11,13H2,1H3,(H,24,27). The first-order valence-electron chi connectivity index (χ1n) is 10.7. The van der Waals surface area contributed by atoms with Gasteiger partial charge in [0.2, 0.25) is 5.91 Å². The molecule has 3 atom stereocenters. The highest BCUT2D eigenvalue weighted by Gasteiger charge is 2.58. The molecule has 1 aromatic heterocycles. The summed E-state index contributed by atoms with van der Waals surface area (Å²) in [6, 6.07) is 4.39. The number of piperidine rings is 1. The van der Waals surface area contributed by atoms with Crippen LogP contribution in [0.1, 0.15) is 50.5 Å². The SMILES string of the molecule is Cc1ccc(N2CCCC(NC(=O)C34CC5CC(C3)C(O)C(C5)C4)C2)nc1. The summed E-state index contributed by atoms with van der Waals surface area (Å²) in [7, 11) is 0. The molecule has 0 spiro atoms. The van der Waals surface area contributed by atoms with Crippen LogP contribution in [0.2, 0.25) is 0 Å². The van der Waals surface area contributed by atoms with Crippen molar-refractivity contribution >= 4 is 11.7 Å². The fraction of sp³-hybridized carbons (Fsp3) is 0.727. The van der Waals surface area contributed by atoms with Crippen molar-refractivity contribution in [3.63, 3.8) is 0 Å². The first-order valence-corrected chi connectivity index (χ1v) is 10.7. The number of carbonyl (C=O) groups excluding carboxylic acids is 1. The van der Waals surface area contributed by atoms with Crippen molar-refractivity contribution in [3.05, 3.63) is 23.9 Å². The lowest BCUT2D eigenvalue weighted by atomic mass is 9.48. The fourth-order valence-corrected chi connectivity index (χ4v) is 6.56. The van der Waals surface area contributed by atoms with Gasteiger partial charge in [-0.2, -0.15) is 0 Å². The van der Waals surface area contributed by atoms with Crippen molar-refractivity contribution in [2.45, 2.75) is 64.0 Å². The van der Waals surface area contributed by atoms with Crippen molar-refractivity contribution in [1.29, 1.82) is 0 Å². The summed E-state index contributed by atoms with van der Waals surface area (Å²) in [5.41, 5.74) is 0.963. The van der Waals surface area contributed by atoms with Crippen LogP contribution in [0.3, 0.4) is 0 Å². The average molecular weight is 370 g/mol. The molecule has 3 unspecified atom stereocenters. The maximum absolute atomic E-state index is 13.3. The van der Waals surface area contributed by atoms with E-state index in [1.165, 1.54) is 5.56 Å². The van der Waals surface area contributed by atoms with E-state index in [1.54, 1.807) is 0 Å². The monoisotopic (exact) mass is 369 g/mol. The Kier molecular flexibility index (Phi) is 4.19. The molecule has 2 N–H and O–H groups in total. The van der Waals surface area contributed by atoms with Gasteiger partial charge >= 0.3 is 0 Å². The smallest absolute Gasteiger partial charge is 0.226 e. The number of aryl methyl sites for hydroxylation is 1. The van der Waals surface area contributed by atoms with Gasteiger partial charge in [0, 0.05) is 25.3 Å². The molecule has 2 heterocycles. The molecule has 1 amide bonds. The molecule has 4 saturated carbocycles. The van der Waals surface area contributed by atoms with Gasteiger partial charge in [-0.15, -0.1) is 0 Å². The molecule has 4 bridgehead atoms. The van der Waals surface area contributed by atoms with E-state index in [9.17, 15) is 9.90 Å². The molecule has 1 saturated heterocycles. The van der Waals surface area contributed by atoms with E-state index in [1.807, 2.05) is 6.20 Å². The zero-order valence-electron chi connectivity index (χ0n) is 16.2. The van der Waals surface area contributed by atoms with Gasteiger partial charge in [0.1, 0.15) is 5.82 Å². The summed E-state index contributed by atoms with van der Waals surface area (Å²) in [4.78, 5) is 20.2. The summed E-state index contributed by atoms with van der Waals surface area (Å²) >= 11 is 0. The maximum atomic E-state index is 13.3. The highest BCUT2D eigenvalue weighted by Crippen LogP contribution is 2.60. The third-order valence-corrected chi connectivity index (χ3v) is 7.68. The third kappa shape index (κ3) is 3.04. The number of aliphatic hydroxyl groups is 1. The molecule has 0 aromatic carbocycles. The number of rotatable bonds is 3. The molecule has 146 valence electrons. The van der Waals surface area contributed by atoms with E-state index in [4.69, 9.17) is 0 Å². The Hall–Kier alpha value is -1.62. The van der Waals surface area contributed by atoms with Crippen molar-refractivity contribution < 1.29 is 9.90 Å². The lowest BCUT2D eigenvalue weighted by molar-refractivity contribution is -0.163. The number of anilines is 1. The Labute approximate surface area is 161 Å². The van der Waals surface area contributed by atoms with Gasteiger partial charge in [-0.05, 0) is 81.3 Å². The minimum atomic E-state index is -0.208. The van der Waals surface area contributed by atoms with Crippen molar-refractivity contribution in [2.75, 3.05) is 18.0 Å². The summed E-state index contributed by atoms with van der Waals surface area (Å²) in [6.45, 7) is 3.90. The number of amides is 1. The van der Waals surface area contributed by atoms with Crippen LogP contribution in [0.4, 0.5) is 5.82 Å². The van der Waals surface area contributed by atoms with Crippen LogP contribution in [0.5, 0.6) is 0 Å². The average Bonchev–Trinajstić information content (AvgIpc) is 2.66. The highest BCUT2D eigenvalue weighted by atomic mass is 16.3. The van der Waals surface area contributed by atoms with Gasteiger partial charge < -0.3 is 15.3 Å². The zero-order valence-corrected chi connectivity index (χ0v) is 16.2. The van der Waals surface area contributed by atoms with E-state index >= 15 is 0 Å². The summed E-state index contributed by atoms with van der Waals surface area (Å²) in [5.74, 6) is 2.62. The second-order valence-electron chi connectivity index (χ2n) is 9.69. The minimum Gasteiger partial charge on any atom is -0.393 e. The van der Waals surface area contributed by atoms with Crippen molar-refractivity contribution in [1.82, 2.24) is 10.3 Å². The Bertz CT molecular complexity index is 703. The maximum Gasteiger partial charge on any atom is 0.226 e. The summed E-state index contributed by atoms with van der Waals surface area (Å²) in [6.07, 6.45) is 8.95. The second-order valence-corrected chi connectivity index (χ2v) is 9.69. The van der Waals surface area contributed by atoms with Crippen LogP contribution < -0.4 is 10.2 Å². The molecule has 1 aromatic rings. The summed E-state index contributed by atoms with van der Waals surface area (Å²) < 4.78 is 0. The van der Waals surface area contributed by atoms with Crippen LogP contribution in [-0.4, -0.2) is 41.2 Å². The van der Waals surface area contributed by atoms with E-state index in [2.05, 4.69) is 34.3 Å². The largest absolute Gasteiger partial charge is 0.393 e. The lowest BCUT2D eigenvalue weighted by Gasteiger charge is -2.58. The molecule has 5 heteroatoms. The molecule has 4 aliphatic carbocycles. The second kappa shape index (κ2) is 6.47. The van der Waals surface area contributed by atoms with Crippen LogP contribution in [0.15, 0.2) is 18.3 Å². The van der Waals surface area contributed by atoms with Crippen molar-refractivity contribution in [2.24, 2.45) is 23.2 Å². The molecular weight excluding hydrogens is 338 g/mol. The van der Waals surface area contributed by atoms with Gasteiger partial charge in [0.05, 0.1) is 11.5 Å². The van der Waals surface area contributed by atoms with Crippen molar-refractivity contribution in [3.8, 4) is 0 Å². The van der Waals surface area contributed by atoms with Gasteiger partial charge in [0.25, 0.3) is 0 Å². The number of aliphatic hydroxyl groups excluding tert-OH is 1. The molecular formula is C22H31N3O2. The van der Waals surface area contributed by atoms with E-state index in [0.29, 0.717) is 17.8 Å². The molecule has 27 heavy (non-hydrogen) atoms. The Morgan fingerprint density at radius 2 is 2.04 bits per heavy atom. The molecule has 5 aliphatic rings. The molecule has 5 nitrogen and oxygen atoms in total. The predicted molar refractivity (Wildman–Crippen MR) is 104 cm³/mol. The zero-order chi connectivity index (χ0) is 18.6. The lowest BCUT2D eigenvalue weighted by Crippen LogP contribution is -2.60. The Morgan fingerprint density at radius 1 is 1.26 bits per heavy atom. The number of nitrogens with one attached hydrogen (secondary N) is 1. The molecule has 5 fully saturated rings. The fourth-order valence-electron chi connectivity index (χ4n) is 6.56. The first-order chi connectivity index (χ1) is 13.0. The van der Waals surface area contributed by atoms with Gasteiger partial charge in [-0.25, -0.2) is 4.98 Å². The van der Waals surface area contributed by atoms with E-state index in [-0.39, 0.29) is 23.5 Å². The molecule has 1 aliphatic heterocycles. The predicted octanol–water partition coefficient (Wildman–Crippen LogP) is 2.66. The minimum absolute atomic E-state index is 0.166. The topological polar surface area (TPSA) is 65.5 Å². The normalized spacial score (nSPS) is 40.2. The number of pyridine rings is 1. The number of nitrogens with zero attached hydrogens (tertiary/aromatic N) is 2. The van der Waals surface area contributed by atoms with Gasteiger partial charge in [-0.3, -0.25) is 4.79 Å². The number of aromatic nitrogens is 1.